The van der Waals surface area contributed by atoms with E-state index in [1.165, 1.54) is 89.9 Å². The van der Waals surface area contributed by atoms with Crippen LogP contribution in [0.2, 0.25) is 0 Å². The summed E-state index contributed by atoms with van der Waals surface area (Å²) in [4.78, 5) is 23.8. The molecule has 0 spiro atoms. The van der Waals surface area contributed by atoms with Crippen LogP contribution in [0.3, 0.4) is 0 Å². The molecule has 0 atom stereocenters. The molecule has 0 rings (SSSR count). The molecule has 0 aliphatic rings. The topological polar surface area (TPSA) is 78.4 Å². The Labute approximate surface area is 198 Å². The molecule has 0 saturated heterocycles. The molecule has 0 saturated carbocycles. The van der Waals surface area contributed by atoms with E-state index in [1.54, 1.807) is 0 Å². The van der Waals surface area contributed by atoms with Crippen LogP contribution in [0.25, 0.3) is 0 Å². The number of rotatable bonds is 24. The summed E-state index contributed by atoms with van der Waals surface area (Å²) in [5.41, 5.74) is 0. The van der Waals surface area contributed by atoms with Crippen LogP contribution >= 0.6 is 0 Å². The number of unbranched alkanes of at least 4 members (excludes halogenated alkanes) is 16. The molecule has 0 aromatic carbocycles. The minimum Gasteiger partial charge on any atom is -0.389 e. The van der Waals surface area contributed by atoms with Gasteiger partial charge in [0.25, 0.3) is 0 Å². The molecule has 5 heteroatoms. The van der Waals surface area contributed by atoms with Gasteiger partial charge in [0.2, 0.25) is 11.8 Å². The molecule has 0 fully saturated rings. The zero-order valence-electron chi connectivity index (χ0n) is 21.4. The lowest BCUT2D eigenvalue weighted by Gasteiger charge is -2.13. The molecule has 2 amide bonds. The molecule has 3 N–H and O–H groups in total. The molecule has 0 radical (unpaired) electrons. The van der Waals surface area contributed by atoms with Gasteiger partial charge < -0.3 is 15.7 Å². The Morgan fingerprint density at radius 1 is 0.531 bits per heavy atom. The van der Waals surface area contributed by atoms with Crippen LogP contribution in [0.15, 0.2) is 0 Å². The van der Waals surface area contributed by atoms with Gasteiger partial charge in [0.05, 0.1) is 6.10 Å². The lowest BCUT2D eigenvalue weighted by Crippen LogP contribution is -2.39. The number of aliphatic hydroxyl groups excluding tert-OH is 1. The molecular formula is C27H54N2O3. The van der Waals surface area contributed by atoms with Gasteiger partial charge in [0.15, 0.2) is 0 Å². The van der Waals surface area contributed by atoms with Crippen molar-refractivity contribution in [3.05, 3.63) is 0 Å². The molecular weight excluding hydrogens is 400 g/mol. The first-order valence-corrected chi connectivity index (χ1v) is 13.8. The van der Waals surface area contributed by atoms with Crippen molar-refractivity contribution in [1.82, 2.24) is 10.6 Å². The van der Waals surface area contributed by atoms with Crippen LogP contribution in [-0.2, 0) is 9.59 Å². The fourth-order valence-corrected chi connectivity index (χ4v) is 3.90. The van der Waals surface area contributed by atoms with Crippen molar-refractivity contribution in [1.29, 1.82) is 0 Å². The van der Waals surface area contributed by atoms with E-state index in [1.807, 2.05) is 0 Å². The molecule has 32 heavy (non-hydrogen) atoms. The van der Waals surface area contributed by atoms with Crippen molar-refractivity contribution in [3.63, 3.8) is 0 Å². The fraction of sp³-hybridized carbons (Fsp3) is 0.926. The Kier molecular flexibility index (Phi) is 23.7. The van der Waals surface area contributed by atoms with E-state index in [9.17, 15) is 14.7 Å². The van der Waals surface area contributed by atoms with Crippen molar-refractivity contribution in [2.75, 3.05) is 13.1 Å². The van der Waals surface area contributed by atoms with E-state index in [0.29, 0.717) is 12.8 Å². The molecule has 5 nitrogen and oxygen atoms in total. The van der Waals surface area contributed by atoms with Gasteiger partial charge in [-0.1, -0.05) is 117 Å². The number of hydrogen-bond acceptors (Lipinski definition) is 3. The van der Waals surface area contributed by atoms with Crippen LogP contribution < -0.4 is 10.6 Å². The highest BCUT2D eigenvalue weighted by molar-refractivity contribution is 5.76. The second-order valence-corrected chi connectivity index (χ2v) is 9.42. The largest absolute Gasteiger partial charge is 0.389 e. The third-order valence-corrected chi connectivity index (χ3v) is 6.08. The van der Waals surface area contributed by atoms with Crippen LogP contribution in [0, 0.1) is 0 Å². The minimum atomic E-state index is -0.728. The third-order valence-electron chi connectivity index (χ3n) is 6.08. The van der Waals surface area contributed by atoms with Crippen molar-refractivity contribution in [2.45, 2.75) is 148 Å². The summed E-state index contributed by atoms with van der Waals surface area (Å²) in [6, 6.07) is 0. The van der Waals surface area contributed by atoms with E-state index in [0.717, 1.165) is 25.7 Å². The quantitative estimate of drug-likeness (QED) is 0.147. The van der Waals surface area contributed by atoms with Gasteiger partial charge in [0.1, 0.15) is 0 Å². The number of aliphatic hydroxyl groups is 1. The van der Waals surface area contributed by atoms with E-state index in [4.69, 9.17) is 0 Å². The Hall–Kier alpha value is -1.10. The number of amides is 2. The summed E-state index contributed by atoms with van der Waals surface area (Å²) in [6.07, 6.45) is 22.5. The van der Waals surface area contributed by atoms with Crippen molar-refractivity contribution < 1.29 is 14.7 Å². The Morgan fingerprint density at radius 3 is 1.12 bits per heavy atom. The first-order valence-electron chi connectivity index (χ1n) is 13.8. The van der Waals surface area contributed by atoms with Crippen molar-refractivity contribution in [3.8, 4) is 0 Å². The van der Waals surface area contributed by atoms with Gasteiger partial charge >= 0.3 is 0 Å². The zero-order valence-corrected chi connectivity index (χ0v) is 21.4. The zero-order chi connectivity index (χ0) is 23.7. The number of hydrogen-bond donors (Lipinski definition) is 3. The Morgan fingerprint density at radius 2 is 0.812 bits per heavy atom. The first kappa shape index (κ1) is 30.9. The SMILES string of the molecule is CCCCCCCCCCCC(=O)NCC(O)CNC(=O)CCCCCCCCCCC. The third kappa shape index (κ3) is 23.6. The van der Waals surface area contributed by atoms with Gasteiger partial charge in [-0.05, 0) is 12.8 Å². The van der Waals surface area contributed by atoms with E-state index < -0.39 is 6.10 Å². The average molecular weight is 455 g/mol. The summed E-state index contributed by atoms with van der Waals surface area (Å²) in [6.45, 7) is 4.88. The highest BCUT2D eigenvalue weighted by Gasteiger charge is 2.09. The molecule has 0 aliphatic heterocycles. The highest BCUT2D eigenvalue weighted by atomic mass is 16.3. The van der Waals surface area contributed by atoms with Crippen LogP contribution in [0.1, 0.15) is 142 Å². The number of nitrogens with one attached hydrogen (secondary N) is 2. The fourth-order valence-electron chi connectivity index (χ4n) is 3.90. The Balaban J connectivity index is 3.45. The maximum atomic E-state index is 11.9. The summed E-state index contributed by atoms with van der Waals surface area (Å²) in [5, 5.41) is 15.5. The maximum Gasteiger partial charge on any atom is 0.220 e. The second kappa shape index (κ2) is 24.5. The lowest BCUT2D eigenvalue weighted by atomic mass is 10.1. The van der Waals surface area contributed by atoms with E-state index in [-0.39, 0.29) is 24.9 Å². The second-order valence-electron chi connectivity index (χ2n) is 9.42. The average Bonchev–Trinajstić information content (AvgIpc) is 2.79. The summed E-state index contributed by atoms with van der Waals surface area (Å²) in [7, 11) is 0. The van der Waals surface area contributed by atoms with Crippen LogP contribution in [0.5, 0.6) is 0 Å². The standard InChI is InChI=1S/C27H54N2O3/c1-3-5-7-9-11-13-15-17-19-21-26(31)28-23-25(30)24-29-27(32)22-20-18-16-14-12-10-8-6-4-2/h25,30H,3-24H2,1-2H3,(H,28,31)(H,29,32). The van der Waals surface area contributed by atoms with E-state index in [2.05, 4.69) is 24.5 Å². The molecule has 0 aromatic rings. The highest BCUT2D eigenvalue weighted by Crippen LogP contribution is 2.11. The van der Waals surface area contributed by atoms with Gasteiger partial charge in [-0.15, -0.1) is 0 Å². The number of carbonyl (C=O) groups is 2. The Bertz CT molecular complexity index is 391. The van der Waals surface area contributed by atoms with Crippen molar-refractivity contribution in [2.24, 2.45) is 0 Å². The van der Waals surface area contributed by atoms with Crippen LogP contribution in [-0.4, -0.2) is 36.1 Å². The molecule has 0 unspecified atom stereocenters. The van der Waals surface area contributed by atoms with E-state index >= 15 is 0 Å². The summed E-state index contributed by atoms with van der Waals surface area (Å²) >= 11 is 0. The molecule has 190 valence electrons. The normalized spacial score (nSPS) is 11.1. The van der Waals surface area contributed by atoms with Crippen molar-refractivity contribution >= 4 is 11.8 Å². The summed E-state index contributed by atoms with van der Waals surface area (Å²) in [5.74, 6) is -0.0129. The monoisotopic (exact) mass is 454 g/mol. The molecule has 0 aromatic heterocycles. The lowest BCUT2D eigenvalue weighted by molar-refractivity contribution is -0.121. The maximum absolute atomic E-state index is 11.9. The predicted octanol–water partition coefficient (Wildman–Crippen LogP) is 6.42. The van der Waals surface area contributed by atoms with Crippen LogP contribution in [0.4, 0.5) is 0 Å². The van der Waals surface area contributed by atoms with Gasteiger partial charge in [-0.2, -0.15) is 0 Å². The molecule has 0 aliphatic carbocycles. The smallest absolute Gasteiger partial charge is 0.220 e. The molecule has 0 bridgehead atoms. The first-order chi connectivity index (χ1) is 15.6. The minimum absolute atomic E-state index is 0.00647. The van der Waals surface area contributed by atoms with Gasteiger partial charge in [0, 0.05) is 25.9 Å². The summed E-state index contributed by atoms with van der Waals surface area (Å²) < 4.78 is 0. The predicted molar refractivity (Wildman–Crippen MR) is 136 cm³/mol. The molecule has 0 heterocycles. The number of carbonyl (C=O) groups excluding carboxylic acids is 2. The van der Waals surface area contributed by atoms with Gasteiger partial charge in [-0.25, -0.2) is 0 Å². The van der Waals surface area contributed by atoms with Gasteiger partial charge in [-0.3, -0.25) is 9.59 Å².